The van der Waals surface area contributed by atoms with Gasteiger partial charge in [0.15, 0.2) is 0 Å². The molecule has 0 amide bonds. The van der Waals surface area contributed by atoms with E-state index in [-0.39, 0.29) is 0 Å². The Bertz CT molecular complexity index is 259. The highest BCUT2D eigenvalue weighted by atomic mass is 15.6. The Hall–Kier alpha value is -0.830. The van der Waals surface area contributed by atoms with Crippen LogP contribution in [0.2, 0.25) is 0 Å². The van der Waals surface area contributed by atoms with Crippen LogP contribution in [0.15, 0.2) is 17.3 Å². The molecule has 3 nitrogen and oxygen atoms in total. The van der Waals surface area contributed by atoms with Crippen LogP contribution in [-0.4, -0.2) is 42.4 Å². The first-order chi connectivity index (χ1) is 6.43. The van der Waals surface area contributed by atoms with Crippen molar-refractivity contribution < 1.29 is 0 Å². The van der Waals surface area contributed by atoms with Gasteiger partial charge < -0.3 is 5.01 Å². The molecule has 3 heteroatoms. The van der Waals surface area contributed by atoms with E-state index in [4.69, 9.17) is 0 Å². The largest absolute Gasteiger partial charge is 0.313 e. The second kappa shape index (κ2) is 2.84. The lowest BCUT2D eigenvalue weighted by molar-refractivity contribution is -0.0348. The summed E-state index contributed by atoms with van der Waals surface area (Å²) in [6.45, 7) is 4.56. The van der Waals surface area contributed by atoms with Gasteiger partial charge in [-0.1, -0.05) is 6.08 Å². The van der Waals surface area contributed by atoms with Gasteiger partial charge >= 0.3 is 0 Å². The third-order valence-corrected chi connectivity index (χ3v) is 3.37. The zero-order valence-electron chi connectivity index (χ0n) is 7.76. The van der Waals surface area contributed by atoms with Gasteiger partial charge in [-0.05, 0) is 18.6 Å². The van der Waals surface area contributed by atoms with E-state index in [0.717, 1.165) is 24.9 Å². The molecule has 13 heavy (non-hydrogen) atoms. The predicted molar refractivity (Wildman–Crippen MR) is 52.4 cm³/mol. The van der Waals surface area contributed by atoms with Crippen molar-refractivity contribution in [3.05, 3.63) is 12.3 Å². The highest BCUT2D eigenvalue weighted by Gasteiger charge is 2.34. The lowest BCUT2D eigenvalue weighted by Crippen LogP contribution is -2.51. The second-order valence-corrected chi connectivity index (χ2v) is 4.18. The first-order valence-electron chi connectivity index (χ1n) is 5.10. The molecule has 3 aliphatic rings. The number of fused-ring (bicyclic) bond motifs is 2. The smallest absolute Gasteiger partial charge is 0.0434 e. The molecule has 0 aliphatic carbocycles. The maximum Gasteiger partial charge on any atom is 0.0434 e. The summed E-state index contributed by atoms with van der Waals surface area (Å²) >= 11 is 0. The van der Waals surface area contributed by atoms with Crippen molar-refractivity contribution in [1.29, 1.82) is 0 Å². The molecule has 0 aromatic heterocycles. The minimum atomic E-state index is 0.795. The monoisotopic (exact) mass is 177 g/mol. The Balaban J connectivity index is 1.78. The molecule has 0 saturated carbocycles. The van der Waals surface area contributed by atoms with Gasteiger partial charge in [0.05, 0.1) is 0 Å². The molecule has 0 N–H and O–H groups in total. The van der Waals surface area contributed by atoms with Gasteiger partial charge in [0.25, 0.3) is 0 Å². The number of hydrogen-bond donors (Lipinski definition) is 0. The first kappa shape index (κ1) is 7.56. The molecule has 3 heterocycles. The van der Waals surface area contributed by atoms with E-state index in [1.165, 1.54) is 19.5 Å². The Labute approximate surface area is 78.7 Å². The van der Waals surface area contributed by atoms with Crippen LogP contribution >= 0.6 is 0 Å². The summed E-state index contributed by atoms with van der Waals surface area (Å²) < 4.78 is 0. The second-order valence-electron chi connectivity index (χ2n) is 4.18. The number of hydrogen-bond acceptors (Lipinski definition) is 3. The van der Waals surface area contributed by atoms with Gasteiger partial charge in [-0.15, -0.1) is 0 Å². The van der Waals surface area contributed by atoms with Crippen molar-refractivity contribution in [1.82, 2.24) is 10.0 Å². The summed E-state index contributed by atoms with van der Waals surface area (Å²) in [6.07, 6.45) is 7.77. The van der Waals surface area contributed by atoms with Crippen LogP contribution < -0.4 is 0 Å². The molecule has 3 aliphatic heterocycles. The maximum absolute atomic E-state index is 4.38. The average molecular weight is 177 g/mol. The molecule has 1 fully saturated rings. The average Bonchev–Trinajstić information content (AvgIpc) is 2.61. The summed E-state index contributed by atoms with van der Waals surface area (Å²) in [5.74, 6) is 1.65. The Kier molecular flexibility index (Phi) is 1.65. The van der Waals surface area contributed by atoms with Crippen LogP contribution in [0.3, 0.4) is 0 Å². The van der Waals surface area contributed by atoms with Crippen LogP contribution in [0.1, 0.15) is 6.42 Å². The topological polar surface area (TPSA) is 18.8 Å². The number of rotatable bonds is 0. The Morgan fingerprint density at radius 3 is 3.23 bits per heavy atom. The van der Waals surface area contributed by atoms with E-state index < -0.39 is 0 Å². The van der Waals surface area contributed by atoms with Crippen molar-refractivity contribution in [3.63, 3.8) is 0 Å². The Morgan fingerprint density at radius 1 is 1.23 bits per heavy atom. The predicted octanol–water partition coefficient (Wildman–Crippen LogP) is 0.753. The molecule has 0 aromatic carbocycles. The van der Waals surface area contributed by atoms with Gasteiger partial charge in [-0.3, -0.25) is 4.99 Å². The molecule has 2 atom stereocenters. The number of aliphatic imine (C=N–C) groups is 1. The van der Waals surface area contributed by atoms with E-state index in [0.29, 0.717) is 0 Å². The maximum atomic E-state index is 4.38. The molecule has 0 bridgehead atoms. The molecule has 0 radical (unpaired) electrons. The fourth-order valence-electron chi connectivity index (χ4n) is 2.55. The molecule has 0 spiro atoms. The van der Waals surface area contributed by atoms with Gasteiger partial charge in [0.2, 0.25) is 0 Å². The molecule has 70 valence electrons. The zero-order valence-corrected chi connectivity index (χ0v) is 7.76. The van der Waals surface area contributed by atoms with Crippen LogP contribution in [0.4, 0.5) is 0 Å². The molecule has 2 unspecified atom stereocenters. The van der Waals surface area contributed by atoms with Gasteiger partial charge in [-0.25, -0.2) is 5.01 Å². The minimum absolute atomic E-state index is 0.795. The van der Waals surface area contributed by atoms with Crippen molar-refractivity contribution in [3.8, 4) is 0 Å². The fourth-order valence-corrected chi connectivity index (χ4v) is 2.55. The summed E-state index contributed by atoms with van der Waals surface area (Å²) in [7, 11) is 0. The normalized spacial score (nSPS) is 37.7. The van der Waals surface area contributed by atoms with Crippen LogP contribution in [0.5, 0.6) is 0 Å². The third kappa shape index (κ3) is 1.18. The lowest BCUT2D eigenvalue weighted by atomic mass is 9.86. The third-order valence-electron chi connectivity index (χ3n) is 3.37. The van der Waals surface area contributed by atoms with Crippen LogP contribution in [0.25, 0.3) is 0 Å². The molecular formula is C10H15N3. The number of nitrogens with zero attached hydrogens (tertiary/aromatic N) is 3. The number of hydrazine groups is 1. The van der Waals surface area contributed by atoms with E-state index in [1.54, 1.807) is 0 Å². The van der Waals surface area contributed by atoms with Crippen molar-refractivity contribution in [2.45, 2.75) is 6.42 Å². The molecular weight excluding hydrogens is 162 g/mol. The quantitative estimate of drug-likeness (QED) is 0.544. The first-order valence-corrected chi connectivity index (χ1v) is 5.10. The van der Waals surface area contributed by atoms with E-state index in [1.807, 2.05) is 0 Å². The lowest BCUT2D eigenvalue weighted by Gasteiger charge is -2.43. The summed E-state index contributed by atoms with van der Waals surface area (Å²) in [4.78, 5) is 4.38. The summed E-state index contributed by atoms with van der Waals surface area (Å²) in [5, 5.41) is 4.81. The molecule has 1 saturated heterocycles. The standard InChI is InChI=1S/C10H15N3/c1-4-12-7-9-2-3-11-6-10(9)8-13(12)5-1/h1,3,5,9-10H,2,4,6-8H2. The van der Waals surface area contributed by atoms with E-state index in [2.05, 4.69) is 33.5 Å². The fraction of sp³-hybridized carbons (Fsp3) is 0.700. The van der Waals surface area contributed by atoms with Crippen LogP contribution in [0, 0.1) is 11.8 Å². The summed E-state index contributed by atoms with van der Waals surface area (Å²) in [6, 6.07) is 0. The van der Waals surface area contributed by atoms with Crippen molar-refractivity contribution >= 4 is 6.21 Å². The van der Waals surface area contributed by atoms with Crippen molar-refractivity contribution in [2.75, 3.05) is 26.2 Å². The van der Waals surface area contributed by atoms with Crippen LogP contribution in [-0.2, 0) is 0 Å². The highest BCUT2D eigenvalue weighted by molar-refractivity contribution is 5.58. The van der Waals surface area contributed by atoms with Gasteiger partial charge in [-0.2, -0.15) is 0 Å². The van der Waals surface area contributed by atoms with E-state index >= 15 is 0 Å². The minimum Gasteiger partial charge on any atom is -0.313 e. The molecule has 0 aromatic rings. The zero-order chi connectivity index (χ0) is 8.67. The van der Waals surface area contributed by atoms with Crippen molar-refractivity contribution in [2.24, 2.45) is 16.8 Å². The molecule has 3 rings (SSSR count). The summed E-state index contributed by atoms with van der Waals surface area (Å²) in [5.41, 5.74) is 0. The Morgan fingerprint density at radius 2 is 2.23 bits per heavy atom. The SMILES string of the molecule is C1=CN2CC3CN=CCC3CN2C1. The van der Waals surface area contributed by atoms with Gasteiger partial charge in [0.1, 0.15) is 0 Å². The van der Waals surface area contributed by atoms with Gasteiger partial charge in [0, 0.05) is 38.3 Å². The highest BCUT2D eigenvalue weighted by Crippen LogP contribution is 2.29. The van der Waals surface area contributed by atoms with E-state index in [9.17, 15) is 0 Å².